The number of para-hydroxylation sites is 1. The van der Waals surface area contributed by atoms with Gasteiger partial charge in [-0.05, 0) is 24.3 Å². The van der Waals surface area contributed by atoms with Crippen LogP contribution in [-0.4, -0.2) is 0 Å². The average molecular weight is 240 g/mol. The molecule has 0 fully saturated rings. The number of hydrogen-bond donors (Lipinski definition) is 0. The number of hydrogen-bond acceptors (Lipinski definition) is 3. The van der Waals surface area contributed by atoms with Crippen LogP contribution in [0.4, 0.5) is 0 Å². The Morgan fingerprint density at radius 3 is 2.28 bits per heavy atom. The minimum atomic E-state index is -0.371. The van der Waals surface area contributed by atoms with E-state index in [2.05, 4.69) is 0 Å². The second-order valence-electron chi connectivity index (χ2n) is 3.86. The first-order valence-electron chi connectivity index (χ1n) is 5.71. The van der Waals surface area contributed by atoms with E-state index in [1.807, 2.05) is 54.6 Å². The van der Waals surface area contributed by atoms with Gasteiger partial charge in [0.15, 0.2) is 0 Å². The fourth-order valence-electron chi connectivity index (χ4n) is 1.75. The van der Waals surface area contributed by atoms with Crippen LogP contribution in [0.15, 0.2) is 67.1 Å². The Kier molecular flexibility index (Phi) is 2.88. The number of benzene rings is 2. The van der Waals surface area contributed by atoms with Gasteiger partial charge in [0.2, 0.25) is 0 Å². The number of rotatable bonds is 3. The van der Waals surface area contributed by atoms with E-state index < -0.39 is 0 Å². The second-order valence-corrected chi connectivity index (χ2v) is 3.86. The van der Waals surface area contributed by atoms with Crippen molar-refractivity contribution in [3.05, 3.63) is 72.7 Å². The molecule has 18 heavy (non-hydrogen) atoms. The van der Waals surface area contributed by atoms with Crippen LogP contribution in [0.25, 0.3) is 0 Å². The summed E-state index contributed by atoms with van der Waals surface area (Å²) < 4.78 is 16.3. The van der Waals surface area contributed by atoms with Gasteiger partial charge in [0, 0.05) is 5.56 Å². The van der Waals surface area contributed by atoms with Crippen LogP contribution in [0.3, 0.4) is 0 Å². The van der Waals surface area contributed by atoms with Gasteiger partial charge in [0.05, 0.1) is 0 Å². The molecule has 2 aromatic rings. The standard InChI is InChI=1S/C15H12O3/c1-2-6-13(7-3-1)18-14-8-4-5-12(11-14)15-16-9-10-17-15/h1-11,15H. The highest BCUT2D eigenvalue weighted by Gasteiger charge is 2.15. The molecule has 0 aliphatic carbocycles. The van der Waals surface area contributed by atoms with Gasteiger partial charge < -0.3 is 14.2 Å². The second kappa shape index (κ2) is 4.84. The van der Waals surface area contributed by atoms with Crippen LogP contribution in [0.2, 0.25) is 0 Å². The van der Waals surface area contributed by atoms with Gasteiger partial charge in [0.1, 0.15) is 24.0 Å². The monoisotopic (exact) mass is 240 g/mol. The molecule has 0 amide bonds. The highest BCUT2D eigenvalue weighted by atomic mass is 16.7. The zero-order chi connectivity index (χ0) is 12.2. The molecule has 1 aliphatic rings. The third-order valence-electron chi connectivity index (χ3n) is 2.57. The van der Waals surface area contributed by atoms with E-state index in [1.54, 1.807) is 0 Å². The van der Waals surface area contributed by atoms with Gasteiger partial charge in [-0.1, -0.05) is 30.3 Å². The van der Waals surface area contributed by atoms with E-state index in [0.29, 0.717) is 0 Å². The number of ether oxygens (including phenoxy) is 3. The van der Waals surface area contributed by atoms with Crippen molar-refractivity contribution in [2.75, 3.05) is 0 Å². The van der Waals surface area contributed by atoms with Gasteiger partial charge in [-0.25, -0.2) is 0 Å². The van der Waals surface area contributed by atoms with E-state index >= 15 is 0 Å². The van der Waals surface area contributed by atoms with Gasteiger partial charge in [-0.2, -0.15) is 0 Å². The Morgan fingerprint density at radius 2 is 1.50 bits per heavy atom. The fourth-order valence-corrected chi connectivity index (χ4v) is 1.75. The molecule has 0 saturated carbocycles. The van der Waals surface area contributed by atoms with Gasteiger partial charge in [-0.3, -0.25) is 0 Å². The molecule has 0 spiro atoms. The molecule has 0 saturated heterocycles. The topological polar surface area (TPSA) is 27.7 Å². The van der Waals surface area contributed by atoms with Crippen LogP contribution in [0, 0.1) is 0 Å². The lowest BCUT2D eigenvalue weighted by atomic mass is 10.2. The molecule has 0 atom stereocenters. The Bertz CT molecular complexity index is 541. The molecule has 0 bridgehead atoms. The molecule has 1 aliphatic heterocycles. The fraction of sp³-hybridized carbons (Fsp3) is 0.0667. The van der Waals surface area contributed by atoms with Crippen LogP contribution in [0.5, 0.6) is 11.5 Å². The molecule has 0 unspecified atom stereocenters. The predicted molar refractivity (Wildman–Crippen MR) is 67.0 cm³/mol. The van der Waals surface area contributed by atoms with E-state index in [4.69, 9.17) is 14.2 Å². The quantitative estimate of drug-likeness (QED) is 0.811. The molecule has 0 N–H and O–H groups in total. The highest BCUT2D eigenvalue weighted by Crippen LogP contribution is 2.28. The zero-order valence-corrected chi connectivity index (χ0v) is 9.65. The smallest absolute Gasteiger partial charge is 0.266 e. The van der Waals surface area contributed by atoms with E-state index in [1.165, 1.54) is 12.5 Å². The van der Waals surface area contributed by atoms with Crippen molar-refractivity contribution in [2.24, 2.45) is 0 Å². The molecule has 3 heteroatoms. The lowest BCUT2D eigenvalue weighted by Gasteiger charge is -2.12. The normalized spacial score (nSPS) is 14.0. The van der Waals surface area contributed by atoms with Crippen molar-refractivity contribution in [1.29, 1.82) is 0 Å². The van der Waals surface area contributed by atoms with Crippen molar-refractivity contribution in [2.45, 2.75) is 6.29 Å². The average Bonchev–Trinajstić information content (AvgIpc) is 2.94. The molecule has 90 valence electrons. The Morgan fingerprint density at radius 1 is 0.778 bits per heavy atom. The third-order valence-corrected chi connectivity index (χ3v) is 2.57. The van der Waals surface area contributed by atoms with Crippen molar-refractivity contribution < 1.29 is 14.2 Å². The Balaban J connectivity index is 1.79. The van der Waals surface area contributed by atoms with Crippen LogP contribution in [-0.2, 0) is 9.47 Å². The molecule has 2 aromatic carbocycles. The summed E-state index contributed by atoms with van der Waals surface area (Å²) in [5, 5.41) is 0. The van der Waals surface area contributed by atoms with Crippen molar-refractivity contribution in [1.82, 2.24) is 0 Å². The maximum absolute atomic E-state index is 5.75. The molecule has 0 aromatic heterocycles. The summed E-state index contributed by atoms with van der Waals surface area (Å²) in [5.74, 6) is 1.57. The minimum Gasteiger partial charge on any atom is -0.457 e. The first-order valence-corrected chi connectivity index (χ1v) is 5.71. The molecule has 3 rings (SSSR count). The van der Waals surface area contributed by atoms with Gasteiger partial charge >= 0.3 is 0 Å². The van der Waals surface area contributed by atoms with E-state index in [9.17, 15) is 0 Å². The predicted octanol–water partition coefficient (Wildman–Crippen LogP) is 4.00. The molecular formula is C15H12O3. The van der Waals surface area contributed by atoms with Gasteiger partial charge in [0.25, 0.3) is 6.29 Å². The first-order chi connectivity index (χ1) is 8.92. The third kappa shape index (κ3) is 2.30. The largest absolute Gasteiger partial charge is 0.457 e. The zero-order valence-electron chi connectivity index (χ0n) is 9.65. The molecule has 0 radical (unpaired) electrons. The summed E-state index contributed by atoms with van der Waals surface area (Å²) in [4.78, 5) is 0. The molecule has 3 nitrogen and oxygen atoms in total. The maximum atomic E-state index is 5.75. The molecule has 1 heterocycles. The lowest BCUT2D eigenvalue weighted by Crippen LogP contribution is -1.97. The van der Waals surface area contributed by atoms with Crippen LogP contribution >= 0.6 is 0 Å². The lowest BCUT2D eigenvalue weighted by molar-refractivity contribution is -0.0247. The summed E-state index contributed by atoms with van der Waals surface area (Å²) in [5.41, 5.74) is 0.924. The summed E-state index contributed by atoms with van der Waals surface area (Å²) >= 11 is 0. The minimum absolute atomic E-state index is 0.371. The highest BCUT2D eigenvalue weighted by molar-refractivity contribution is 5.34. The van der Waals surface area contributed by atoms with Crippen molar-refractivity contribution >= 4 is 0 Å². The Labute approximate surface area is 105 Å². The van der Waals surface area contributed by atoms with Crippen LogP contribution < -0.4 is 4.74 Å². The summed E-state index contributed by atoms with van der Waals surface area (Å²) in [6.45, 7) is 0. The van der Waals surface area contributed by atoms with Gasteiger partial charge in [-0.15, -0.1) is 0 Å². The molecular weight excluding hydrogens is 228 g/mol. The first kappa shape index (κ1) is 10.7. The Hall–Kier alpha value is -2.42. The maximum Gasteiger partial charge on any atom is 0.266 e. The summed E-state index contributed by atoms with van der Waals surface area (Å²) in [6, 6.07) is 17.3. The van der Waals surface area contributed by atoms with Crippen LogP contribution in [0.1, 0.15) is 11.9 Å². The van der Waals surface area contributed by atoms with E-state index in [0.717, 1.165) is 17.1 Å². The van der Waals surface area contributed by atoms with E-state index in [-0.39, 0.29) is 6.29 Å². The summed E-state index contributed by atoms with van der Waals surface area (Å²) in [7, 11) is 0. The summed E-state index contributed by atoms with van der Waals surface area (Å²) in [6.07, 6.45) is 2.70. The van der Waals surface area contributed by atoms with Crippen molar-refractivity contribution in [3.8, 4) is 11.5 Å². The van der Waals surface area contributed by atoms with Crippen molar-refractivity contribution in [3.63, 3.8) is 0 Å². The SMILES string of the molecule is C1=COC(c2cccc(Oc3ccccc3)c2)O1.